The first-order valence-electron chi connectivity index (χ1n) is 5.82. The quantitative estimate of drug-likeness (QED) is 0.759. The number of nitrogens with one attached hydrogen (secondary N) is 1. The molecule has 1 aliphatic rings. The number of carbonyl (C=O) groups is 1. The lowest BCUT2D eigenvalue weighted by molar-refractivity contribution is -0.130. The minimum absolute atomic E-state index is 0.189. The Balaban J connectivity index is 1.88. The molecule has 0 bridgehead atoms. The fraction of sp³-hybridized carbons (Fsp3) is 0.308. The predicted octanol–water partition coefficient (Wildman–Crippen LogP) is 0.458. The van der Waals surface area contributed by atoms with Gasteiger partial charge in [0.25, 0.3) is 5.91 Å². The third-order valence-electron chi connectivity index (χ3n) is 2.50. The zero-order chi connectivity index (χ0) is 12.8. The van der Waals surface area contributed by atoms with Crippen molar-refractivity contribution in [3.8, 4) is 11.5 Å². The zero-order valence-corrected chi connectivity index (χ0v) is 9.96. The molecule has 1 aliphatic heterocycles. The standard InChI is InChI=1S/C13H16N2O3/c14-7-3-4-8-15-13(16)12-9-17-10-5-1-2-6-11(10)18-12/h1-6,12H,7-9,14H2,(H,15,16)/b4-3+. The van der Waals surface area contributed by atoms with Crippen molar-refractivity contribution in [2.45, 2.75) is 6.10 Å². The van der Waals surface area contributed by atoms with Gasteiger partial charge >= 0.3 is 0 Å². The molecule has 1 aromatic rings. The summed E-state index contributed by atoms with van der Waals surface area (Å²) in [7, 11) is 0. The molecule has 96 valence electrons. The minimum atomic E-state index is -0.605. The summed E-state index contributed by atoms with van der Waals surface area (Å²) in [4.78, 5) is 11.8. The molecule has 0 saturated heterocycles. The van der Waals surface area contributed by atoms with Crippen LogP contribution in [0.1, 0.15) is 0 Å². The molecular formula is C13H16N2O3. The fourth-order valence-electron chi connectivity index (χ4n) is 1.60. The molecule has 1 aromatic carbocycles. The van der Waals surface area contributed by atoms with Crippen LogP contribution in [-0.4, -0.2) is 31.7 Å². The van der Waals surface area contributed by atoms with Gasteiger partial charge < -0.3 is 20.5 Å². The molecular weight excluding hydrogens is 232 g/mol. The number of carbonyl (C=O) groups excluding carboxylic acids is 1. The van der Waals surface area contributed by atoms with E-state index in [1.54, 1.807) is 18.2 Å². The van der Waals surface area contributed by atoms with Crippen molar-refractivity contribution in [1.82, 2.24) is 5.32 Å². The van der Waals surface area contributed by atoms with Gasteiger partial charge in [0.2, 0.25) is 6.10 Å². The molecule has 5 nitrogen and oxygen atoms in total. The average Bonchev–Trinajstić information content (AvgIpc) is 2.43. The molecule has 0 radical (unpaired) electrons. The van der Waals surface area contributed by atoms with Crippen molar-refractivity contribution in [3.05, 3.63) is 36.4 Å². The lowest BCUT2D eigenvalue weighted by Gasteiger charge is -2.25. The van der Waals surface area contributed by atoms with Crippen LogP contribution in [0.4, 0.5) is 0 Å². The molecule has 1 heterocycles. The second-order valence-electron chi connectivity index (χ2n) is 3.82. The van der Waals surface area contributed by atoms with Crippen molar-refractivity contribution in [1.29, 1.82) is 0 Å². The van der Waals surface area contributed by atoms with Crippen LogP contribution in [0.25, 0.3) is 0 Å². The van der Waals surface area contributed by atoms with E-state index in [2.05, 4.69) is 5.32 Å². The summed E-state index contributed by atoms with van der Waals surface area (Å²) >= 11 is 0. The Morgan fingerprint density at radius 2 is 2.17 bits per heavy atom. The number of hydrogen-bond acceptors (Lipinski definition) is 4. The Kier molecular flexibility index (Phi) is 4.20. The van der Waals surface area contributed by atoms with Gasteiger partial charge in [0.05, 0.1) is 0 Å². The number of para-hydroxylation sites is 2. The lowest BCUT2D eigenvalue weighted by atomic mass is 10.2. The zero-order valence-electron chi connectivity index (χ0n) is 9.96. The summed E-state index contributed by atoms with van der Waals surface area (Å²) in [6.45, 7) is 1.13. The maximum Gasteiger partial charge on any atom is 0.264 e. The van der Waals surface area contributed by atoms with E-state index < -0.39 is 6.10 Å². The molecule has 1 unspecified atom stereocenters. The van der Waals surface area contributed by atoms with Crippen LogP contribution >= 0.6 is 0 Å². The minimum Gasteiger partial charge on any atom is -0.485 e. The van der Waals surface area contributed by atoms with Crippen LogP contribution in [-0.2, 0) is 4.79 Å². The smallest absolute Gasteiger partial charge is 0.264 e. The van der Waals surface area contributed by atoms with Crippen LogP contribution in [0.5, 0.6) is 11.5 Å². The van der Waals surface area contributed by atoms with Gasteiger partial charge in [-0.1, -0.05) is 24.3 Å². The summed E-state index contributed by atoms with van der Waals surface area (Å²) in [5.41, 5.74) is 5.30. The Bertz CT molecular complexity index is 446. The van der Waals surface area contributed by atoms with Crippen LogP contribution < -0.4 is 20.5 Å². The van der Waals surface area contributed by atoms with E-state index in [9.17, 15) is 4.79 Å². The van der Waals surface area contributed by atoms with Crippen LogP contribution in [0, 0.1) is 0 Å². The van der Waals surface area contributed by atoms with E-state index >= 15 is 0 Å². The summed E-state index contributed by atoms with van der Waals surface area (Å²) < 4.78 is 11.0. The molecule has 5 heteroatoms. The highest BCUT2D eigenvalue weighted by Gasteiger charge is 2.26. The summed E-state index contributed by atoms with van der Waals surface area (Å²) in [6, 6.07) is 7.29. The third kappa shape index (κ3) is 3.01. The summed E-state index contributed by atoms with van der Waals surface area (Å²) in [5, 5.41) is 2.73. The van der Waals surface area contributed by atoms with Gasteiger partial charge in [0, 0.05) is 13.1 Å². The second kappa shape index (κ2) is 6.07. The molecule has 0 fully saturated rings. The van der Waals surface area contributed by atoms with Gasteiger partial charge in [-0.25, -0.2) is 0 Å². The summed E-state index contributed by atoms with van der Waals surface area (Å²) in [5.74, 6) is 1.08. The van der Waals surface area contributed by atoms with Crippen molar-refractivity contribution >= 4 is 5.91 Å². The van der Waals surface area contributed by atoms with Crippen LogP contribution in [0.3, 0.4) is 0 Å². The van der Waals surface area contributed by atoms with Gasteiger partial charge in [0.1, 0.15) is 6.61 Å². The van der Waals surface area contributed by atoms with Crippen molar-refractivity contribution in [2.24, 2.45) is 5.73 Å². The maximum atomic E-state index is 11.8. The molecule has 1 amide bonds. The number of fused-ring (bicyclic) bond motifs is 1. The van der Waals surface area contributed by atoms with Gasteiger partial charge in [-0.15, -0.1) is 0 Å². The van der Waals surface area contributed by atoms with E-state index in [0.717, 1.165) is 0 Å². The molecule has 2 rings (SSSR count). The summed E-state index contributed by atoms with van der Waals surface area (Å²) in [6.07, 6.45) is 2.98. The number of ether oxygens (including phenoxy) is 2. The van der Waals surface area contributed by atoms with Gasteiger partial charge in [-0.3, -0.25) is 4.79 Å². The second-order valence-corrected chi connectivity index (χ2v) is 3.82. The van der Waals surface area contributed by atoms with Crippen LogP contribution in [0.15, 0.2) is 36.4 Å². The maximum absolute atomic E-state index is 11.8. The molecule has 0 spiro atoms. The molecule has 0 aliphatic carbocycles. The van der Waals surface area contributed by atoms with Gasteiger partial charge in [-0.05, 0) is 12.1 Å². The highest BCUT2D eigenvalue weighted by atomic mass is 16.6. The van der Waals surface area contributed by atoms with E-state index in [-0.39, 0.29) is 12.5 Å². The monoisotopic (exact) mass is 248 g/mol. The van der Waals surface area contributed by atoms with Gasteiger partial charge in [0.15, 0.2) is 11.5 Å². The third-order valence-corrected chi connectivity index (χ3v) is 2.50. The van der Waals surface area contributed by atoms with Crippen molar-refractivity contribution < 1.29 is 14.3 Å². The first-order valence-corrected chi connectivity index (χ1v) is 5.82. The predicted molar refractivity (Wildman–Crippen MR) is 67.6 cm³/mol. The van der Waals surface area contributed by atoms with E-state index in [0.29, 0.717) is 24.6 Å². The lowest BCUT2D eigenvalue weighted by Crippen LogP contribution is -2.44. The molecule has 18 heavy (non-hydrogen) atoms. The van der Waals surface area contributed by atoms with E-state index in [1.165, 1.54) is 0 Å². The first-order chi connectivity index (χ1) is 8.81. The largest absolute Gasteiger partial charge is 0.485 e. The van der Waals surface area contributed by atoms with Gasteiger partial charge in [-0.2, -0.15) is 0 Å². The topological polar surface area (TPSA) is 73.6 Å². The number of benzene rings is 1. The molecule has 1 atom stereocenters. The SMILES string of the molecule is NC/C=C/CNC(=O)C1COc2ccccc2O1. The highest BCUT2D eigenvalue weighted by Crippen LogP contribution is 2.30. The van der Waals surface area contributed by atoms with E-state index in [4.69, 9.17) is 15.2 Å². The number of nitrogens with two attached hydrogens (primary N) is 1. The van der Waals surface area contributed by atoms with Crippen LogP contribution in [0.2, 0.25) is 0 Å². The molecule has 0 aromatic heterocycles. The molecule has 3 N–H and O–H groups in total. The normalized spacial score (nSPS) is 17.7. The Hall–Kier alpha value is -2.01. The van der Waals surface area contributed by atoms with Crippen molar-refractivity contribution in [3.63, 3.8) is 0 Å². The van der Waals surface area contributed by atoms with Crippen molar-refractivity contribution in [2.75, 3.05) is 19.7 Å². The Morgan fingerprint density at radius 1 is 1.39 bits per heavy atom. The number of amides is 1. The molecule has 0 saturated carbocycles. The van der Waals surface area contributed by atoms with E-state index in [1.807, 2.05) is 18.2 Å². The number of hydrogen-bond donors (Lipinski definition) is 2. The fourth-order valence-corrected chi connectivity index (χ4v) is 1.60. The highest BCUT2D eigenvalue weighted by molar-refractivity contribution is 5.81. The first kappa shape index (κ1) is 12.4. The average molecular weight is 248 g/mol. The Labute approximate surface area is 106 Å². The Morgan fingerprint density at radius 3 is 2.94 bits per heavy atom. The number of rotatable bonds is 4.